The number of hydrogen-bond donors (Lipinski definition) is 2. The molecule has 2 aromatic carbocycles. The lowest BCUT2D eigenvalue weighted by Crippen LogP contribution is -2.35. The van der Waals surface area contributed by atoms with E-state index in [-0.39, 0.29) is 11.8 Å². The maximum atomic E-state index is 13.0. The highest BCUT2D eigenvalue weighted by Gasteiger charge is 2.33. The van der Waals surface area contributed by atoms with Crippen LogP contribution in [0, 0.1) is 6.92 Å². The number of carbonyl (C=O) groups is 2. The van der Waals surface area contributed by atoms with E-state index in [2.05, 4.69) is 15.3 Å². The van der Waals surface area contributed by atoms with Crippen LogP contribution in [0.4, 0.5) is 5.69 Å². The van der Waals surface area contributed by atoms with Gasteiger partial charge in [0.1, 0.15) is 11.2 Å². The van der Waals surface area contributed by atoms with E-state index in [9.17, 15) is 9.59 Å². The fourth-order valence-corrected chi connectivity index (χ4v) is 3.92. The highest BCUT2D eigenvalue weighted by molar-refractivity contribution is 6.31. The van der Waals surface area contributed by atoms with E-state index in [4.69, 9.17) is 11.6 Å². The van der Waals surface area contributed by atoms with Gasteiger partial charge in [0.05, 0.1) is 11.0 Å². The first-order valence-corrected chi connectivity index (χ1v) is 10.5. The number of H-pyrrole nitrogens is 1. The Morgan fingerprint density at radius 3 is 2.57 bits per heavy atom. The van der Waals surface area contributed by atoms with Gasteiger partial charge in [-0.1, -0.05) is 11.6 Å². The Hall–Kier alpha value is -2.86. The van der Waals surface area contributed by atoms with E-state index >= 15 is 0 Å². The molecule has 0 bridgehead atoms. The van der Waals surface area contributed by atoms with E-state index in [1.807, 2.05) is 37.8 Å². The van der Waals surface area contributed by atoms with Gasteiger partial charge in [-0.25, -0.2) is 4.98 Å². The Labute approximate surface area is 180 Å². The van der Waals surface area contributed by atoms with Crippen LogP contribution < -0.4 is 5.32 Å². The highest BCUT2D eigenvalue weighted by Crippen LogP contribution is 2.27. The largest absolute Gasteiger partial charge is 0.341 e. The molecule has 30 heavy (non-hydrogen) atoms. The number of likely N-dealkylation sites (tertiary alicyclic amines) is 1. The average Bonchev–Trinajstić information content (AvgIpc) is 3.37. The lowest BCUT2D eigenvalue weighted by molar-refractivity contribution is -0.120. The summed E-state index contributed by atoms with van der Waals surface area (Å²) in [6, 6.07) is 10.8. The molecule has 0 aliphatic carbocycles. The zero-order chi connectivity index (χ0) is 21.5. The molecule has 1 aromatic heterocycles. The van der Waals surface area contributed by atoms with E-state index < -0.39 is 5.41 Å². The van der Waals surface area contributed by atoms with Crippen LogP contribution in [0.25, 0.3) is 11.0 Å². The molecule has 1 fully saturated rings. The SMILES string of the molecule is Cc1cc(NC(=O)C(C)(C)c2nc3ccc(Cl)cc3[nH]2)ccc1C(=O)N1CCCC1. The molecule has 156 valence electrons. The molecule has 4 rings (SSSR count). The number of hydrogen-bond acceptors (Lipinski definition) is 3. The van der Waals surface area contributed by atoms with Crippen molar-refractivity contribution in [3.05, 3.63) is 58.4 Å². The summed E-state index contributed by atoms with van der Waals surface area (Å²) in [5.74, 6) is 0.435. The maximum Gasteiger partial charge on any atom is 0.254 e. The molecule has 7 heteroatoms. The summed E-state index contributed by atoms with van der Waals surface area (Å²) in [4.78, 5) is 35.4. The molecule has 2 N–H and O–H groups in total. The second-order valence-electron chi connectivity index (χ2n) is 8.36. The van der Waals surface area contributed by atoms with Gasteiger partial charge in [-0.05, 0) is 75.6 Å². The van der Waals surface area contributed by atoms with Gasteiger partial charge in [0.2, 0.25) is 5.91 Å². The van der Waals surface area contributed by atoms with Gasteiger partial charge < -0.3 is 15.2 Å². The van der Waals surface area contributed by atoms with E-state index in [0.29, 0.717) is 22.1 Å². The quantitative estimate of drug-likeness (QED) is 0.638. The smallest absolute Gasteiger partial charge is 0.254 e. The van der Waals surface area contributed by atoms with Crippen LogP contribution in [0.2, 0.25) is 5.02 Å². The molecule has 6 nitrogen and oxygen atoms in total. The number of imidazole rings is 1. The number of fused-ring (bicyclic) bond motifs is 1. The van der Waals surface area contributed by atoms with Crippen LogP contribution in [-0.4, -0.2) is 39.8 Å². The molecule has 0 saturated carbocycles. The predicted octanol–water partition coefficient (Wildman–Crippen LogP) is 4.68. The average molecular weight is 425 g/mol. The minimum atomic E-state index is -0.885. The Morgan fingerprint density at radius 2 is 1.87 bits per heavy atom. The number of aryl methyl sites for hydroxylation is 1. The molecule has 2 heterocycles. The van der Waals surface area contributed by atoms with Gasteiger partial charge >= 0.3 is 0 Å². The molecular weight excluding hydrogens is 400 g/mol. The second kappa shape index (κ2) is 7.76. The molecule has 0 radical (unpaired) electrons. The number of amides is 2. The number of nitrogens with zero attached hydrogens (tertiary/aromatic N) is 2. The van der Waals surface area contributed by atoms with E-state index in [0.717, 1.165) is 42.5 Å². The van der Waals surface area contributed by atoms with Crippen molar-refractivity contribution in [3.8, 4) is 0 Å². The Kier molecular flexibility index (Phi) is 5.28. The second-order valence-corrected chi connectivity index (χ2v) is 8.79. The van der Waals surface area contributed by atoms with Crippen LogP contribution in [0.3, 0.4) is 0 Å². The minimum Gasteiger partial charge on any atom is -0.341 e. The normalized spacial score (nSPS) is 14.3. The Bertz CT molecular complexity index is 1130. The first-order chi connectivity index (χ1) is 14.3. The molecule has 1 aliphatic heterocycles. The van der Waals surface area contributed by atoms with Crippen molar-refractivity contribution in [2.24, 2.45) is 0 Å². The highest BCUT2D eigenvalue weighted by atomic mass is 35.5. The maximum absolute atomic E-state index is 13.0. The third-order valence-corrected chi connectivity index (χ3v) is 5.95. The molecular formula is C23H25ClN4O2. The predicted molar refractivity (Wildman–Crippen MR) is 119 cm³/mol. The van der Waals surface area contributed by atoms with Gasteiger partial charge in [-0.15, -0.1) is 0 Å². The van der Waals surface area contributed by atoms with Crippen molar-refractivity contribution in [3.63, 3.8) is 0 Å². The van der Waals surface area contributed by atoms with Crippen LogP contribution in [0.1, 0.15) is 48.4 Å². The van der Waals surface area contributed by atoms with Crippen molar-refractivity contribution in [2.75, 3.05) is 18.4 Å². The topological polar surface area (TPSA) is 78.1 Å². The van der Waals surface area contributed by atoms with Crippen LogP contribution >= 0.6 is 11.6 Å². The molecule has 0 spiro atoms. The van der Waals surface area contributed by atoms with E-state index in [1.165, 1.54) is 0 Å². The van der Waals surface area contributed by atoms with Crippen molar-refractivity contribution in [1.29, 1.82) is 0 Å². The number of aromatic amines is 1. The molecule has 0 unspecified atom stereocenters. The number of rotatable bonds is 4. The van der Waals surface area contributed by atoms with Crippen molar-refractivity contribution in [1.82, 2.24) is 14.9 Å². The van der Waals surface area contributed by atoms with Crippen molar-refractivity contribution in [2.45, 2.75) is 39.0 Å². The van der Waals surface area contributed by atoms with Gasteiger partial charge in [0.15, 0.2) is 0 Å². The number of aromatic nitrogens is 2. The van der Waals surface area contributed by atoms with Gasteiger partial charge in [0, 0.05) is 29.4 Å². The minimum absolute atomic E-state index is 0.0594. The fourth-order valence-electron chi connectivity index (χ4n) is 3.74. The zero-order valence-electron chi connectivity index (χ0n) is 17.4. The van der Waals surface area contributed by atoms with Crippen LogP contribution in [0.15, 0.2) is 36.4 Å². The summed E-state index contributed by atoms with van der Waals surface area (Å²) >= 11 is 6.05. The Balaban J connectivity index is 1.53. The Morgan fingerprint density at radius 1 is 1.13 bits per heavy atom. The summed E-state index contributed by atoms with van der Waals surface area (Å²) in [6.07, 6.45) is 2.12. The summed E-state index contributed by atoms with van der Waals surface area (Å²) in [5.41, 5.74) is 2.85. The lowest BCUT2D eigenvalue weighted by atomic mass is 9.91. The molecule has 0 atom stereocenters. The molecule has 1 aliphatic rings. The van der Waals surface area contributed by atoms with Crippen molar-refractivity contribution >= 4 is 40.1 Å². The monoisotopic (exact) mass is 424 g/mol. The van der Waals surface area contributed by atoms with Crippen molar-refractivity contribution < 1.29 is 9.59 Å². The molecule has 2 amide bonds. The number of carbonyl (C=O) groups excluding carboxylic acids is 2. The molecule has 1 saturated heterocycles. The number of nitrogens with one attached hydrogen (secondary N) is 2. The third-order valence-electron chi connectivity index (χ3n) is 5.71. The van der Waals surface area contributed by atoms with E-state index in [1.54, 1.807) is 24.3 Å². The number of anilines is 1. The number of halogens is 1. The number of benzene rings is 2. The zero-order valence-corrected chi connectivity index (χ0v) is 18.1. The molecule has 3 aromatic rings. The van der Waals surface area contributed by atoms with Gasteiger partial charge in [-0.3, -0.25) is 9.59 Å². The lowest BCUT2D eigenvalue weighted by Gasteiger charge is -2.22. The first kappa shape index (κ1) is 20.4. The summed E-state index contributed by atoms with van der Waals surface area (Å²) in [5, 5.41) is 3.57. The van der Waals surface area contributed by atoms with Crippen LogP contribution in [-0.2, 0) is 10.2 Å². The first-order valence-electron chi connectivity index (χ1n) is 10.1. The van der Waals surface area contributed by atoms with Gasteiger partial charge in [-0.2, -0.15) is 0 Å². The fraction of sp³-hybridized carbons (Fsp3) is 0.348. The van der Waals surface area contributed by atoms with Crippen LogP contribution in [0.5, 0.6) is 0 Å². The van der Waals surface area contributed by atoms with Gasteiger partial charge in [0.25, 0.3) is 5.91 Å². The summed E-state index contributed by atoms with van der Waals surface area (Å²) in [6.45, 7) is 7.16. The third kappa shape index (κ3) is 3.79. The standard InChI is InChI=1S/C23H25ClN4O2/c1-14-12-16(7-8-17(14)20(29)28-10-4-5-11-28)25-22(30)23(2,3)21-26-18-9-6-15(24)13-19(18)27-21/h6-9,12-13H,4-5,10-11H2,1-3H3,(H,25,30)(H,26,27). The summed E-state index contributed by atoms with van der Waals surface area (Å²) < 4.78 is 0. The summed E-state index contributed by atoms with van der Waals surface area (Å²) in [7, 11) is 0.